The van der Waals surface area contributed by atoms with Crippen LogP contribution in [0.2, 0.25) is 0 Å². The summed E-state index contributed by atoms with van der Waals surface area (Å²) in [4.78, 5) is 0. The van der Waals surface area contributed by atoms with Crippen LogP contribution >= 0.6 is 0 Å². The van der Waals surface area contributed by atoms with Crippen LogP contribution in [-0.4, -0.2) is 25.1 Å². The molecule has 0 amide bonds. The molecule has 0 fully saturated rings. The van der Waals surface area contributed by atoms with E-state index in [0.717, 1.165) is 19.5 Å². The molecule has 0 saturated carbocycles. The quantitative estimate of drug-likeness (QED) is 0.255. The summed E-state index contributed by atoms with van der Waals surface area (Å²) in [7, 11) is 0. The van der Waals surface area contributed by atoms with Crippen LogP contribution < -0.4 is 16.4 Å². The molecule has 0 aliphatic rings. The van der Waals surface area contributed by atoms with E-state index in [0.29, 0.717) is 0 Å². The summed E-state index contributed by atoms with van der Waals surface area (Å²) in [6.45, 7) is 6.05. The second-order valence-electron chi connectivity index (χ2n) is 2.60. The van der Waals surface area contributed by atoms with E-state index in [4.69, 9.17) is 11.1 Å². The van der Waals surface area contributed by atoms with Gasteiger partial charge >= 0.3 is 0 Å². The Morgan fingerprint density at radius 1 is 1.64 bits per heavy atom. The fourth-order valence-electron chi connectivity index (χ4n) is 0.833. The molecule has 0 aliphatic carbocycles. The number of hydrogen-bond donors (Lipinski definition) is 4. The molecule has 0 bridgehead atoms. The largest absolute Gasteiger partial charge is 0.370 e. The lowest BCUT2D eigenvalue weighted by Gasteiger charge is -2.12. The van der Waals surface area contributed by atoms with Gasteiger partial charge in [0.25, 0.3) is 0 Å². The standard InChI is InChI=1S/C7H18N4/c1-3-10-5-4-6(2)11-7(8)9/h6,10H,3-5H2,1-2H3,(H4,8,9,11)/t6-/m0/s1. The van der Waals surface area contributed by atoms with E-state index in [1.165, 1.54) is 0 Å². The maximum atomic E-state index is 6.95. The SMILES string of the molecule is CCNCC[C@H](C)NC(=N)N. The van der Waals surface area contributed by atoms with E-state index in [9.17, 15) is 0 Å². The Balaban J connectivity index is 3.22. The lowest BCUT2D eigenvalue weighted by atomic mass is 10.2. The summed E-state index contributed by atoms with van der Waals surface area (Å²) in [5, 5.41) is 13.0. The molecule has 0 saturated heterocycles. The number of nitrogens with one attached hydrogen (secondary N) is 3. The Morgan fingerprint density at radius 2 is 2.27 bits per heavy atom. The third-order valence-electron chi connectivity index (χ3n) is 1.41. The van der Waals surface area contributed by atoms with E-state index in [-0.39, 0.29) is 12.0 Å². The molecule has 0 aromatic rings. The number of hydrogen-bond acceptors (Lipinski definition) is 2. The Kier molecular flexibility index (Phi) is 5.56. The molecule has 0 aromatic carbocycles. The highest BCUT2D eigenvalue weighted by atomic mass is 15.1. The third kappa shape index (κ3) is 7.12. The Bertz CT molecular complexity index is 113. The highest BCUT2D eigenvalue weighted by Gasteiger charge is 1.99. The van der Waals surface area contributed by atoms with Crippen LogP contribution in [0.3, 0.4) is 0 Å². The highest BCUT2D eigenvalue weighted by Crippen LogP contribution is 1.86. The Hall–Kier alpha value is -0.770. The fraction of sp³-hybridized carbons (Fsp3) is 0.857. The van der Waals surface area contributed by atoms with Gasteiger partial charge in [0.15, 0.2) is 5.96 Å². The van der Waals surface area contributed by atoms with Crippen molar-refractivity contribution in [2.24, 2.45) is 5.73 Å². The lowest BCUT2D eigenvalue weighted by molar-refractivity contribution is 0.562. The normalized spacial score (nSPS) is 12.5. The zero-order valence-corrected chi connectivity index (χ0v) is 7.28. The molecule has 11 heavy (non-hydrogen) atoms. The molecule has 0 heterocycles. The van der Waals surface area contributed by atoms with Gasteiger partial charge in [-0.15, -0.1) is 0 Å². The van der Waals surface area contributed by atoms with Gasteiger partial charge in [-0.25, -0.2) is 0 Å². The van der Waals surface area contributed by atoms with Crippen LogP contribution in [0.1, 0.15) is 20.3 Å². The number of guanidine groups is 1. The first-order valence-corrected chi connectivity index (χ1v) is 3.98. The van der Waals surface area contributed by atoms with Crippen molar-refractivity contribution in [3.05, 3.63) is 0 Å². The molecule has 0 radical (unpaired) electrons. The fourth-order valence-corrected chi connectivity index (χ4v) is 0.833. The minimum absolute atomic E-state index is 0.0500. The summed E-state index contributed by atoms with van der Waals surface area (Å²) in [6, 6.07) is 0.284. The van der Waals surface area contributed by atoms with Gasteiger partial charge in [0.1, 0.15) is 0 Å². The minimum atomic E-state index is 0.0500. The Morgan fingerprint density at radius 3 is 2.73 bits per heavy atom. The predicted octanol–water partition coefficient (Wildman–Crippen LogP) is -0.142. The molecule has 66 valence electrons. The maximum Gasteiger partial charge on any atom is 0.185 e. The van der Waals surface area contributed by atoms with Gasteiger partial charge in [0, 0.05) is 6.04 Å². The summed E-state index contributed by atoms with van der Waals surface area (Å²) in [5.74, 6) is 0.0500. The van der Waals surface area contributed by atoms with E-state index in [1.807, 2.05) is 6.92 Å². The van der Waals surface area contributed by atoms with Gasteiger partial charge in [0.05, 0.1) is 0 Å². The van der Waals surface area contributed by atoms with Crippen molar-refractivity contribution in [2.75, 3.05) is 13.1 Å². The average molecular weight is 158 g/mol. The van der Waals surface area contributed by atoms with E-state index in [2.05, 4.69) is 17.6 Å². The molecule has 0 aliphatic heterocycles. The second kappa shape index (κ2) is 5.97. The zero-order valence-electron chi connectivity index (χ0n) is 7.28. The van der Waals surface area contributed by atoms with E-state index >= 15 is 0 Å². The molecular weight excluding hydrogens is 140 g/mol. The van der Waals surface area contributed by atoms with E-state index < -0.39 is 0 Å². The van der Waals surface area contributed by atoms with Crippen molar-refractivity contribution in [2.45, 2.75) is 26.3 Å². The summed E-state index contributed by atoms with van der Waals surface area (Å²) in [5.41, 5.74) is 5.15. The maximum absolute atomic E-state index is 6.95. The highest BCUT2D eigenvalue weighted by molar-refractivity contribution is 5.74. The van der Waals surface area contributed by atoms with E-state index in [1.54, 1.807) is 0 Å². The van der Waals surface area contributed by atoms with Crippen LogP contribution in [0.5, 0.6) is 0 Å². The van der Waals surface area contributed by atoms with Crippen molar-refractivity contribution >= 4 is 5.96 Å². The molecule has 1 atom stereocenters. The van der Waals surface area contributed by atoms with Crippen LogP contribution in [-0.2, 0) is 0 Å². The summed E-state index contributed by atoms with van der Waals surface area (Å²) < 4.78 is 0. The van der Waals surface area contributed by atoms with Crippen LogP contribution in [0.4, 0.5) is 0 Å². The second-order valence-corrected chi connectivity index (χ2v) is 2.60. The van der Waals surface area contributed by atoms with Crippen molar-refractivity contribution in [1.29, 1.82) is 5.41 Å². The van der Waals surface area contributed by atoms with Gasteiger partial charge in [-0.1, -0.05) is 6.92 Å². The summed E-state index contributed by atoms with van der Waals surface area (Å²) >= 11 is 0. The Labute approximate surface area is 68.1 Å². The van der Waals surface area contributed by atoms with Crippen LogP contribution in [0, 0.1) is 5.41 Å². The van der Waals surface area contributed by atoms with Gasteiger partial charge in [0.2, 0.25) is 0 Å². The molecule has 0 spiro atoms. The zero-order chi connectivity index (χ0) is 8.69. The first-order valence-electron chi connectivity index (χ1n) is 3.98. The summed E-state index contributed by atoms with van der Waals surface area (Å²) in [6.07, 6.45) is 0.993. The van der Waals surface area contributed by atoms with Crippen molar-refractivity contribution in [3.63, 3.8) is 0 Å². The average Bonchev–Trinajstić information content (AvgIpc) is 1.86. The molecule has 0 unspecified atom stereocenters. The topological polar surface area (TPSA) is 73.9 Å². The number of nitrogens with two attached hydrogens (primary N) is 1. The van der Waals surface area contributed by atoms with Crippen LogP contribution in [0.25, 0.3) is 0 Å². The monoisotopic (exact) mass is 158 g/mol. The molecular formula is C7H18N4. The smallest absolute Gasteiger partial charge is 0.185 e. The van der Waals surface area contributed by atoms with Crippen LogP contribution in [0.15, 0.2) is 0 Å². The third-order valence-corrected chi connectivity index (χ3v) is 1.41. The van der Waals surface area contributed by atoms with Crippen molar-refractivity contribution in [3.8, 4) is 0 Å². The molecule has 5 N–H and O–H groups in total. The van der Waals surface area contributed by atoms with Crippen molar-refractivity contribution < 1.29 is 0 Å². The van der Waals surface area contributed by atoms with Gasteiger partial charge < -0.3 is 16.4 Å². The first-order chi connectivity index (χ1) is 5.16. The molecule has 4 heteroatoms. The van der Waals surface area contributed by atoms with Gasteiger partial charge in [-0.3, -0.25) is 5.41 Å². The molecule has 0 aromatic heterocycles. The lowest BCUT2D eigenvalue weighted by Crippen LogP contribution is -2.38. The van der Waals surface area contributed by atoms with Gasteiger partial charge in [-0.2, -0.15) is 0 Å². The first kappa shape index (κ1) is 10.2. The number of rotatable bonds is 5. The minimum Gasteiger partial charge on any atom is -0.370 e. The van der Waals surface area contributed by atoms with Crippen molar-refractivity contribution in [1.82, 2.24) is 10.6 Å². The molecule has 0 rings (SSSR count). The predicted molar refractivity (Wildman–Crippen MR) is 47.7 cm³/mol. The molecule has 4 nitrogen and oxygen atoms in total. The van der Waals surface area contributed by atoms with Gasteiger partial charge in [-0.05, 0) is 26.4 Å².